The lowest BCUT2D eigenvalue weighted by Crippen LogP contribution is -2.28. The summed E-state index contributed by atoms with van der Waals surface area (Å²) < 4.78 is 15.1. The van der Waals surface area contributed by atoms with Crippen LogP contribution in [0.1, 0.15) is 11.1 Å². The van der Waals surface area contributed by atoms with E-state index in [1.54, 1.807) is 24.3 Å². The number of anilines is 1. The zero-order valence-corrected chi connectivity index (χ0v) is 13.3. The maximum Gasteiger partial charge on any atom is 0.319 e. The van der Waals surface area contributed by atoms with E-state index in [9.17, 15) is 14.3 Å². The Morgan fingerprint density at radius 1 is 1.12 bits per heavy atom. The second-order valence-electron chi connectivity index (χ2n) is 5.36. The number of carbonyl (C=O) groups is 1. The number of aromatic nitrogens is 2. The summed E-state index contributed by atoms with van der Waals surface area (Å²) in [6, 6.07) is 13.1. The minimum Gasteiger partial charge on any atom is -0.392 e. The Labute approximate surface area is 143 Å². The monoisotopic (exact) mass is 340 g/mol. The van der Waals surface area contributed by atoms with Crippen molar-refractivity contribution < 1.29 is 14.3 Å². The molecule has 1 heterocycles. The highest BCUT2D eigenvalue weighted by Gasteiger charge is 2.08. The molecule has 0 radical (unpaired) electrons. The number of carbonyl (C=O) groups excluding carboxylic acids is 1. The average molecular weight is 340 g/mol. The van der Waals surface area contributed by atoms with Crippen LogP contribution < -0.4 is 10.6 Å². The number of aliphatic hydroxyl groups excluding tert-OH is 1. The molecule has 25 heavy (non-hydrogen) atoms. The predicted octanol–water partition coefficient (Wildman–Crippen LogP) is 2.83. The number of hydrogen-bond donors (Lipinski definition) is 3. The highest BCUT2D eigenvalue weighted by atomic mass is 19.1. The van der Waals surface area contributed by atoms with Gasteiger partial charge in [-0.2, -0.15) is 5.10 Å². The zero-order chi connectivity index (χ0) is 17.6. The van der Waals surface area contributed by atoms with Crippen molar-refractivity contribution in [3.05, 3.63) is 77.9 Å². The molecule has 0 saturated carbocycles. The summed E-state index contributed by atoms with van der Waals surface area (Å²) in [5.74, 6) is -0.401. The number of nitrogens with one attached hydrogen (secondary N) is 2. The highest BCUT2D eigenvalue weighted by molar-refractivity contribution is 5.88. The molecule has 0 saturated heterocycles. The molecule has 6 nitrogen and oxygen atoms in total. The second-order valence-corrected chi connectivity index (χ2v) is 5.36. The molecule has 2 aromatic carbocycles. The third-order valence-corrected chi connectivity index (χ3v) is 3.67. The molecule has 3 rings (SSSR count). The molecular formula is C18H17FN4O2. The Hall–Kier alpha value is -3.19. The van der Waals surface area contributed by atoms with Gasteiger partial charge in [0.25, 0.3) is 0 Å². The van der Waals surface area contributed by atoms with E-state index in [2.05, 4.69) is 15.7 Å². The first-order chi connectivity index (χ1) is 12.2. The number of para-hydroxylation sites is 1. The molecule has 0 aliphatic carbocycles. The Kier molecular flexibility index (Phi) is 5.06. The van der Waals surface area contributed by atoms with Crippen molar-refractivity contribution >= 4 is 11.7 Å². The maximum atomic E-state index is 13.7. The van der Waals surface area contributed by atoms with Crippen LogP contribution in [0.2, 0.25) is 0 Å². The smallest absolute Gasteiger partial charge is 0.319 e. The van der Waals surface area contributed by atoms with E-state index in [0.29, 0.717) is 11.4 Å². The predicted molar refractivity (Wildman–Crippen MR) is 91.7 cm³/mol. The summed E-state index contributed by atoms with van der Waals surface area (Å²) in [5.41, 5.74) is 2.33. The van der Waals surface area contributed by atoms with Crippen LogP contribution in [0.4, 0.5) is 14.9 Å². The van der Waals surface area contributed by atoms with E-state index in [1.165, 1.54) is 23.1 Å². The van der Waals surface area contributed by atoms with Gasteiger partial charge in [0.15, 0.2) is 0 Å². The minimum absolute atomic E-state index is 0.0884. The molecule has 3 aromatic rings. The van der Waals surface area contributed by atoms with Crippen LogP contribution in [0.25, 0.3) is 5.69 Å². The van der Waals surface area contributed by atoms with E-state index in [-0.39, 0.29) is 13.2 Å². The van der Waals surface area contributed by atoms with E-state index in [4.69, 9.17) is 0 Å². The number of nitrogens with zero attached hydrogens (tertiary/aromatic N) is 2. The summed E-state index contributed by atoms with van der Waals surface area (Å²) >= 11 is 0. The van der Waals surface area contributed by atoms with Gasteiger partial charge in [-0.25, -0.2) is 13.9 Å². The lowest BCUT2D eigenvalue weighted by molar-refractivity contribution is 0.251. The number of benzene rings is 2. The van der Waals surface area contributed by atoms with Gasteiger partial charge in [-0.3, -0.25) is 0 Å². The standard InChI is InChI=1S/C18H17FN4O2/c19-16-7-3-4-8-17(16)23-11-15(10-21-23)22-18(25)20-9-13-5-1-2-6-14(13)12-24/h1-8,10-11,24H,9,12H2,(H2,20,22,25). The molecule has 1 aromatic heterocycles. The maximum absolute atomic E-state index is 13.7. The molecule has 0 aliphatic rings. The van der Waals surface area contributed by atoms with Crippen LogP contribution in [-0.2, 0) is 13.2 Å². The quantitative estimate of drug-likeness (QED) is 0.668. The van der Waals surface area contributed by atoms with E-state index in [1.807, 2.05) is 18.2 Å². The molecule has 128 valence electrons. The SMILES string of the molecule is O=C(NCc1ccccc1CO)Nc1cnn(-c2ccccc2F)c1. The van der Waals surface area contributed by atoms with Crippen LogP contribution in [0.3, 0.4) is 0 Å². The number of aliphatic hydroxyl groups is 1. The van der Waals surface area contributed by atoms with E-state index >= 15 is 0 Å². The Morgan fingerprint density at radius 3 is 2.60 bits per heavy atom. The second kappa shape index (κ2) is 7.59. The van der Waals surface area contributed by atoms with Crippen molar-refractivity contribution in [2.45, 2.75) is 13.2 Å². The normalized spacial score (nSPS) is 10.5. The molecule has 7 heteroatoms. The summed E-state index contributed by atoms with van der Waals surface area (Å²) in [7, 11) is 0. The number of amides is 2. The van der Waals surface area contributed by atoms with Crippen molar-refractivity contribution in [3.63, 3.8) is 0 Å². The van der Waals surface area contributed by atoms with Crippen LogP contribution in [0, 0.1) is 5.82 Å². The van der Waals surface area contributed by atoms with Crippen LogP contribution in [0.5, 0.6) is 0 Å². The number of urea groups is 1. The van der Waals surface area contributed by atoms with Crippen molar-refractivity contribution in [1.29, 1.82) is 0 Å². The topological polar surface area (TPSA) is 79.2 Å². The largest absolute Gasteiger partial charge is 0.392 e. The van der Waals surface area contributed by atoms with Crippen molar-refractivity contribution in [2.24, 2.45) is 0 Å². The van der Waals surface area contributed by atoms with Gasteiger partial charge in [0.1, 0.15) is 11.5 Å². The number of halogens is 1. The first-order valence-electron chi connectivity index (χ1n) is 7.69. The van der Waals surface area contributed by atoms with Gasteiger partial charge in [0, 0.05) is 6.54 Å². The average Bonchev–Trinajstić information content (AvgIpc) is 3.08. The molecule has 0 fully saturated rings. The van der Waals surface area contributed by atoms with Crippen LogP contribution in [-0.4, -0.2) is 20.9 Å². The molecule has 2 amide bonds. The Balaban J connectivity index is 1.61. The third kappa shape index (κ3) is 4.02. The van der Waals surface area contributed by atoms with Crippen molar-refractivity contribution in [1.82, 2.24) is 15.1 Å². The summed E-state index contributed by atoms with van der Waals surface area (Å²) in [6.45, 7) is 0.193. The molecular weight excluding hydrogens is 323 g/mol. The molecule has 3 N–H and O–H groups in total. The van der Waals surface area contributed by atoms with Gasteiger partial charge in [0.2, 0.25) is 0 Å². The minimum atomic E-state index is -0.416. The summed E-state index contributed by atoms with van der Waals surface area (Å²) in [4.78, 5) is 12.0. The summed E-state index contributed by atoms with van der Waals surface area (Å²) in [5, 5.41) is 18.7. The zero-order valence-electron chi connectivity index (χ0n) is 13.3. The first kappa shape index (κ1) is 16.7. The van der Waals surface area contributed by atoms with Gasteiger partial charge < -0.3 is 15.7 Å². The lowest BCUT2D eigenvalue weighted by atomic mass is 10.1. The van der Waals surface area contributed by atoms with Crippen molar-refractivity contribution in [2.75, 3.05) is 5.32 Å². The number of hydrogen-bond acceptors (Lipinski definition) is 3. The Bertz CT molecular complexity index is 879. The molecule has 0 unspecified atom stereocenters. The van der Waals surface area contributed by atoms with Gasteiger partial charge in [-0.1, -0.05) is 36.4 Å². The van der Waals surface area contributed by atoms with Crippen LogP contribution in [0.15, 0.2) is 60.9 Å². The van der Waals surface area contributed by atoms with Gasteiger partial charge in [-0.05, 0) is 23.3 Å². The van der Waals surface area contributed by atoms with Gasteiger partial charge in [0.05, 0.1) is 24.7 Å². The van der Waals surface area contributed by atoms with Crippen molar-refractivity contribution in [3.8, 4) is 5.69 Å². The molecule has 0 atom stereocenters. The highest BCUT2D eigenvalue weighted by Crippen LogP contribution is 2.15. The Morgan fingerprint density at radius 2 is 1.84 bits per heavy atom. The molecule has 0 spiro atoms. The summed E-state index contributed by atoms with van der Waals surface area (Å²) in [6.07, 6.45) is 2.97. The molecule has 0 bridgehead atoms. The van der Waals surface area contributed by atoms with Gasteiger partial charge in [-0.15, -0.1) is 0 Å². The van der Waals surface area contributed by atoms with E-state index < -0.39 is 11.8 Å². The number of rotatable bonds is 5. The lowest BCUT2D eigenvalue weighted by Gasteiger charge is -2.09. The third-order valence-electron chi connectivity index (χ3n) is 3.67. The van der Waals surface area contributed by atoms with Gasteiger partial charge >= 0.3 is 6.03 Å². The van der Waals surface area contributed by atoms with E-state index in [0.717, 1.165) is 11.1 Å². The fraction of sp³-hybridized carbons (Fsp3) is 0.111. The molecule has 0 aliphatic heterocycles. The fourth-order valence-electron chi connectivity index (χ4n) is 2.39. The fourth-order valence-corrected chi connectivity index (χ4v) is 2.39. The van der Waals surface area contributed by atoms with Crippen LogP contribution >= 0.6 is 0 Å². The first-order valence-corrected chi connectivity index (χ1v) is 7.69.